The molecule has 0 aromatic carbocycles. The van der Waals surface area contributed by atoms with Crippen molar-refractivity contribution >= 4 is 5.95 Å². The molecule has 0 aliphatic carbocycles. The summed E-state index contributed by atoms with van der Waals surface area (Å²) in [6.45, 7) is 2.43. The Morgan fingerprint density at radius 3 is 2.73 bits per heavy atom. The molecule has 0 aliphatic heterocycles. The van der Waals surface area contributed by atoms with E-state index >= 15 is 0 Å². The van der Waals surface area contributed by atoms with Gasteiger partial charge in [0.25, 0.3) is 0 Å². The van der Waals surface area contributed by atoms with E-state index in [1.165, 1.54) is 0 Å². The fourth-order valence-corrected chi connectivity index (χ4v) is 1.000. The number of ether oxygens (including phenoxy) is 1. The molecule has 6 nitrogen and oxygen atoms in total. The molecule has 0 saturated carbocycles. The van der Waals surface area contributed by atoms with E-state index in [1.54, 1.807) is 12.4 Å². The van der Waals surface area contributed by atoms with Crippen LogP contribution in [0.25, 0.3) is 0 Å². The van der Waals surface area contributed by atoms with Gasteiger partial charge >= 0.3 is 0 Å². The number of aliphatic hydroxyl groups excluding tert-OH is 1. The molecule has 1 rings (SSSR count). The Kier molecular flexibility index (Phi) is 5.60. The summed E-state index contributed by atoms with van der Waals surface area (Å²) in [5.41, 5.74) is 6.33. The Balaban J connectivity index is 2.07. The molecule has 84 valence electrons. The first-order valence-corrected chi connectivity index (χ1v) is 4.78. The lowest BCUT2D eigenvalue weighted by molar-refractivity contribution is 0.0938. The zero-order valence-electron chi connectivity index (χ0n) is 8.52. The molecule has 0 radical (unpaired) electrons. The molecule has 0 unspecified atom stereocenters. The van der Waals surface area contributed by atoms with Gasteiger partial charge in [0, 0.05) is 31.0 Å². The fraction of sp³-hybridized carbons (Fsp3) is 0.556. The molecular formula is C9H16N4O2. The third-order valence-corrected chi connectivity index (χ3v) is 1.71. The standard InChI is InChI=1S/C9H16N4O2/c10-9-12-6-8(7-13-9)5-11-1-3-15-4-2-14/h6-7,11,14H,1-5H2,(H2,10,12,13). The van der Waals surface area contributed by atoms with Crippen molar-refractivity contribution in [3.8, 4) is 0 Å². The summed E-state index contributed by atoms with van der Waals surface area (Å²) in [6.07, 6.45) is 3.37. The van der Waals surface area contributed by atoms with Crippen LogP contribution >= 0.6 is 0 Å². The second-order valence-corrected chi connectivity index (χ2v) is 2.96. The van der Waals surface area contributed by atoms with Crippen molar-refractivity contribution in [2.75, 3.05) is 32.1 Å². The van der Waals surface area contributed by atoms with Gasteiger partial charge in [-0.15, -0.1) is 0 Å². The van der Waals surface area contributed by atoms with Crippen LogP contribution in [0.2, 0.25) is 0 Å². The highest BCUT2D eigenvalue weighted by molar-refractivity contribution is 5.16. The number of hydrogen-bond acceptors (Lipinski definition) is 6. The van der Waals surface area contributed by atoms with Gasteiger partial charge < -0.3 is 20.9 Å². The maximum atomic E-state index is 8.45. The number of aliphatic hydroxyl groups is 1. The lowest BCUT2D eigenvalue weighted by atomic mass is 10.3. The summed E-state index contributed by atoms with van der Waals surface area (Å²) >= 11 is 0. The molecular weight excluding hydrogens is 196 g/mol. The maximum absolute atomic E-state index is 8.45. The van der Waals surface area contributed by atoms with Crippen LogP contribution in [0.15, 0.2) is 12.4 Å². The van der Waals surface area contributed by atoms with E-state index in [2.05, 4.69) is 15.3 Å². The van der Waals surface area contributed by atoms with Crippen LogP contribution in [0.5, 0.6) is 0 Å². The van der Waals surface area contributed by atoms with Gasteiger partial charge in [0.15, 0.2) is 0 Å². The fourth-order valence-electron chi connectivity index (χ4n) is 1.000. The van der Waals surface area contributed by atoms with Crippen molar-refractivity contribution in [1.82, 2.24) is 15.3 Å². The Morgan fingerprint density at radius 1 is 1.33 bits per heavy atom. The molecule has 0 amide bonds. The lowest BCUT2D eigenvalue weighted by Crippen LogP contribution is -2.20. The van der Waals surface area contributed by atoms with E-state index in [1.807, 2.05) is 0 Å². The van der Waals surface area contributed by atoms with Crippen LogP contribution in [-0.2, 0) is 11.3 Å². The van der Waals surface area contributed by atoms with Gasteiger partial charge in [0.1, 0.15) is 0 Å². The smallest absolute Gasteiger partial charge is 0.219 e. The minimum absolute atomic E-state index is 0.0613. The minimum Gasteiger partial charge on any atom is -0.394 e. The van der Waals surface area contributed by atoms with Crippen molar-refractivity contribution in [3.63, 3.8) is 0 Å². The van der Waals surface area contributed by atoms with E-state index in [4.69, 9.17) is 15.6 Å². The largest absolute Gasteiger partial charge is 0.394 e. The molecule has 4 N–H and O–H groups in total. The van der Waals surface area contributed by atoms with Crippen molar-refractivity contribution in [1.29, 1.82) is 0 Å². The normalized spacial score (nSPS) is 10.5. The monoisotopic (exact) mass is 212 g/mol. The first-order valence-electron chi connectivity index (χ1n) is 4.78. The zero-order chi connectivity index (χ0) is 10.9. The molecule has 1 aromatic heterocycles. The number of hydrogen-bond donors (Lipinski definition) is 3. The van der Waals surface area contributed by atoms with Gasteiger partial charge in [-0.2, -0.15) is 0 Å². The SMILES string of the molecule is Nc1ncc(CNCCOCCO)cn1. The molecule has 0 atom stereocenters. The summed E-state index contributed by atoms with van der Waals surface area (Å²) in [6, 6.07) is 0. The van der Waals surface area contributed by atoms with E-state index in [9.17, 15) is 0 Å². The van der Waals surface area contributed by atoms with Crippen LogP contribution in [0.4, 0.5) is 5.95 Å². The molecule has 1 aromatic rings. The second-order valence-electron chi connectivity index (χ2n) is 2.96. The van der Waals surface area contributed by atoms with E-state index < -0.39 is 0 Å². The van der Waals surface area contributed by atoms with Crippen molar-refractivity contribution < 1.29 is 9.84 Å². The first kappa shape index (κ1) is 11.8. The minimum atomic E-state index is 0.0613. The maximum Gasteiger partial charge on any atom is 0.219 e. The number of nitrogens with two attached hydrogens (primary N) is 1. The third kappa shape index (κ3) is 5.26. The number of nitrogen functional groups attached to an aromatic ring is 1. The highest BCUT2D eigenvalue weighted by Gasteiger charge is 1.94. The van der Waals surface area contributed by atoms with Gasteiger partial charge in [-0.25, -0.2) is 9.97 Å². The molecule has 6 heteroatoms. The van der Waals surface area contributed by atoms with Crippen LogP contribution in [0, 0.1) is 0 Å². The third-order valence-electron chi connectivity index (χ3n) is 1.71. The van der Waals surface area contributed by atoms with Crippen LogP contribution < -0.4 is 11.1 Å². The molecule has 15 heavy (non-hydrogen) atoms. The van der Waals surface area contributed by atoms with Crippen molar-refractivity contribution in [3.05, 3.63) is 18.0 Å². The average Bonchev–Trinajstić information content (AvgIpc) is 2.26. The summed E-state index contributed by atoms with van der Waals surface area (Å²) < 4.78 is 5.08. The van der Waals surface area contributed by atoms with E-state index in [0.717, 1.165) is 12.1 Å². The Bertz CT molecular complexity index is 265. The summed E-state index contributed by atoms with van der Waals surface area (Å²) in [4.78, 5) is 7.74. The second kappa shape index (κ2) is 7.10. The number of aromatic nitrogens is 2. The van der Waals surface area contributed by atoms with Gasteiger partial charge in [0.05, 0.1) is 19.8 Å². The topological polar surface area (TPSA) is 93.3 Å². The number of anilines is 1. The Labute approximate surface area is 88.5 Å². The molecule has 0 aliphatic rings. The van der Waals surface area contributed by atoms with Gasteiger partial charge in [-0.05, 0) is 0 Å². The summed E-state index contributed by atoms with van der Waals surface area (Å²) in [5.74, 6) is 0.282. The van der Waals surface area contributed by atoms with Crippen molar-refractivity contribution in [2.24, 2.45) is 0 Å². The quantitative estimate of drug-likeness (QED) is 0.510. The van der Waals surface area contributed by atoms with Crippen molar-refractivity contribution in [2.45, 2.75) is 6.54 Å². The predicted molar refractivity (Wildman–Crippen MR) is 56.1 cm³/mol. The van der Waals surface area contributed by atoms with E-state index in [-0.39, 0.29) is 12.6 Å². The summed E-state index contributed by atoms with van der Waals surface area (Å²) in [7, 11) is 0. The predicted octanol–water partition coefficient (Wildman–Crippen LogP) is -0.843. The zero-order valence-corrected chi connectivity index (χ0v) is 8.52. The highest BCUT2D eigenvalue weighted by Crippen LogP contribution is 1.95. The number of nitrogens with zero attached hydrogens (tertiary/aromatic N) is 2. The van der Waals surface area contributed by atoms with Crippen LogP contribution in [0.3, 0.4) is 0 Å². The Hall–Kier alpha value is -1.24. The Morgan fingerprint density at radius 2 is 2.07 bits per heavy atom. The molecule has 1 heterocycles. The molecule has 0 fully saturated rings. The average molecular weight is 212 g/mol. The van der Waals surface area contributed by atoms with E-state index in [0.29, 0.717) is 19.8 Å². The molecule has 0 spiro atoms. The first-order chi connectivity index (χ1) is 7.33. The number of rotatable bonds is 7. The van der Waals surface area contributed by atoms with Gasteiger partial charge in [0.2, 0.25) is 5.95 Å². The van der Waals surface area contributed by atoms with Crippen LogP contribution in [0.1, 0.15) is 5.56 Å². The highest BCUT2D eigenvalue weighted by atomic mass is 16.5. The van der Waals surface area contributed by atoms with Gasteiger partial charge in [-0.1, -0.05) is 0 Å². The molecule has 0 bridgehead atoms. The molecule has 0 saturated heterocycles. The lowest BCUT2D eigenvalue weighted by Gasteiger charge is -2.04. The van der Waals surface area contributed by atoms with Crippen LogP contribution in [-0.4, -0.2) is 41.4 Å². The number of nitrogens with one attached hydrogen (secondary N) is 1. The van der Waals surface area contributed by atoms with Gasteiger partial charge in [-0.3, -0.25) is 0 Å². The summed E-state index contributed by atoms with van der Waals surface area (Å²) in [5, 5.41) is 11.6.